The van der Waals surface area contributed by atoms with Crippen molar-refractivity contribution in [1.82, 2.24) is 5.32 Å². The highest BCUT2D eigenvalue weighted by Crippen LogP contribution is 2.32. The van der Waals surface area contributed by atoms with Gasteiger partial charge in [-0.15, -0.1) is 0 Å². The smallest absolute Gasteiger partial charge is 0.415 e. The van der Waals surface area contributed by atoms with Gasteiger partial charge in [-0.2, -0.15) is 0 Å². The Hall–Kier alpha value is -4.00. The molecule has 1 fully saturated rings. The molecule has 7 nitrogen and oxygen atoms in total. The molecule has 182 valence electrons. The molecule has 1 atom stereocenters. The molecular formula is C28H29NO6. The molecule has 1 aliphatic rings. The normalized spacial score (nSPS) is 17.0. The third-order valence-electron chi connectivity index (χ3n) is 5.68. The molecule has 2 amide bonds. The van der Waals surface area contributed by atoms with Gasteiger partial charge in [-0.1, -0.05) is 43.7 Å². The van der Waals surface area contributed by atoms with Crippen LogP contribution >= 0.6 is 0 Å². The Kier molecular flexibility index (Phi) is 7.55. The summed E-state index contributed by atoms with van der Waals surface area (Å²) in [6.07, 6.45) is 1.81. The summed E-state index contributed by atoms with van der Waals surface area (Å²) >= 11 is 0. The van der Waals surface area contributed by atoms with Crippen LogP contribution in [0, 0.1) is 0 Å². The van der Waals surface area contributed by atoms with E-state index in [0.29, 0.717) is 30.9 Å². The Morgan fingerprint density at radius 2 is 1.63 bits per heavy atom. The maximum absolute atomic E-state index is 12.1. The van der Waals surface area contributed by atoms with Crippen LogP contribution in [0.1, 0.15) is 37.8 Å². The average Bonchev–Trinajstić information content (AvgIpc) is 3.13. The topological polar surface area (TPSA) is 83.1 Å². The predicted octanol–water partition coefficient (Wildman–Crippen LogP) is 5.76. The Bertz CT molecular complexity index is 1180. The van der Waals surface area contributed by atoms with Crippen LogP contribution in [-0.4, -0.2) is 25.2 Å². The first kappa shape index (κ1) is 24.1. The summed E-state index contributed by atoms with van der Waals surface area (Å²) in [6, 6.07) is 22.6. The van der Waals surface area contributed by atoms with Gasteiger partial charge in [0.25, 0.3) is 5.91 Å². The molecule has 35 heavy (non-hydrogen) atoms. The maximum Gasteiger partial charge on any atom is 0.415 e. The number of benzene rings is 3. The molecule has 0 bridgehead atoms. The number of nitrogens with one attached hydrogen (secondary N) is 1. The number of cyclic esters (lactones) is 1. The molecule has 7 heteroatoms. The Morgan fingerprint density at radius 1 is 0.857 bits per heavy atom. The number of para-hydroxylation sites is 1. The summed E-state index contributed by atoms with van der Waals surface area (Å²) in [5.41, 5.74) is 0.301. The van der Waals surface area contributed by atoms with Crippen LogP contribution in [0.15, 0.2) is 72.8 Å². The van der Waals surface area contributed by atoms with Gasteiger partial charge < -0.3 is 18.9 Å². The first-order valence-corrected chi connectivity index (χ1v) is 11.7. The van der Waals surface area contributed by atoms with Crippen molar-refractivity contribution in [3.63, 3.8) is 0 Å². The van der Waals surface area contributed by atoms with Gasteiger partial charge in [0.1, 0.15) is 23.0 Å². The van der Waals surface area contributed by atoms with Gasteiger partial charge in [0.05, 0.1) is 13.2 Å². The molecule has 0 aliphatic carbocycles. The summed E-state index contributed by atoms with van der Waals surface area (Å²) in [5.74, 6) is 2.53. The summed E-state index contributed by atoms with van der Waals surface area (Å²) in [5, 5.41) is 2.16. The minimum Gasteiger partial charge on any atom is -0.493 e. The van der Waals surface area contributed by atoms with Crippen molar-refractivity contribution in [3.05, 3.63) is 83.9 Å². The third-order valence-corrected chi connectivity index (χ3v) is 5.68. The van der Waals surface area contributed by atoms with E-state index in [0.717, 1.165) is 35.7 Å². The van der Waals surface area contributed by atoms with Crippen LogP contribution in [0.4, 0.5) is 4.79 Å². The summed E-state index contributed by atoms with van der Waals surface area (Å²) in [4.78, 5) is 23.6. The number of hydrogen-bond acceptors (Lipinski definition) is 6. The molecule has 1 N–H and O–H groups in total. The zero-order valence-electron chi connectivity index (χ0n) is 19.9. The standard InChI is InChI=1S/C28H29NO6/c1-3-9-20-18-24(34-22-11-5-4-6-12-22)14-15-25(20)33-17-8-16-32-23-13-7-10-21(19-23)28(2)26(30)29-27(31)35-28/h4-7,10-15,18-19H,3,8-9,16-17H2,1-2H3,(H,29,30,31). The monoisotopic (exact) mass is 475 g/mol. The second kappa shape index (κ2) is 11.0. The molecule has 3 aromatic rings. The first-order chi connectivity index (χ1) is 17.0. The zero-order valence-corrected chi connectivity index (χ0v) is 19.9. The van der Waals surface area contributed by atoms with Crippen molar-refractivity contribution in [2.24, 2.45) is 0 Å². The number of ether oxygens (including phenoxy) is 4. The van der Waals surface area contributed by atoms with Crippen molar-refractivity contribution in [1.29, 1.82) is 0 Å². The molecule has 1 heterocycles. The molecule has 0 spiro atoms. The maximum atomic E-state index is 12.1. The lowest BCUT2D eigenvalue weighted by atomic mass is 9.95. The number of imide groups is 1. The van der Waals surface area contributed by atoms with Crippen LogP contribution < -0.4 is 19.5 Å². The van der Waals surface area contributed by atoms with E-state index in [-0.39, 0.29) is 0 Å². The fourth-order valence-electron chi connectivity index (χ4n) is 3.82. The molecule has 1 saturated heterocycles. The number of rotatable bonds is 11. The lowest BCUT2D eigenvalue weighted by Crippen LogP contribution is -2.33. The number of aryl methyl sites for hydroxylation is 1. The van der Waals surface area contributed by atoms with Gasteiger partial charge in [-0.3, -0.25) is 10.1 Å². The van der Waals surface area contributed by atoms with Gasteiger partial charge in [0.2, 0.25) is 5.60 Å². The van der Waals surface area contributed by atoms with E-state index < -0.39 is 17.6 Å². The summed E-state index contributed by atoms with van der Waals surface area (Å²) in [6.45, 7) is 4.62. The lowest BCUT2D eigenvalue weighted by Gasteiger charge is -2.20. The molecule has 4 rings (SSSR count). The quantitative estimate of drug-likeness (QED) is 0.355. The Labute approximate surface area is 205 Å². The van der Waals surface area contributed by atoms with Crippen molar-refractivity contribution in [2.45, 2.75) is 38.7 Å². The minimum atomic E-state index is -1.36. The third kappa shape index (κ3) is 5.93. The molecule has 0 saturated carbocycles. The van der Waals surface area contributed by atoms with E-state index in [1.807, 2.05) is 48.5 Å². The lowest BCUT2D eigenvalue weighted by molar-refractivity contribution is -0.130. The highest BCUT2D eigenvalue weighted by molar-refractivity contribution is 6.03. The van der Waals surface area contributed by atoms with E-state index in [9.17, 15) is 9.59 Å². The van der Waals surface area contributed by atoms with Crippen LogP contribution in [0.5, 0.6) is 23.0 Å². The van der Waals surface area contributed by atoms with E-state index >= 15 is 0 Å². The number of hydrogen-bond donors (Lipinski definition) is 1. The fourth-order valence-corrected chi connectivity index (χ4v) is 3.82. The first-order valence-electron chi connectivity index (χ1n) is 11.7. The number of amides is 2. The van der Waals surface area contributed by atoms with Crippen LogP contribution in [0.3, 0.4) is 0 Å². The van der Waals surface area contributed by atoms with Crippen molar-refractivity contribution in [3.8, 4) is 23.0 Å². The second-order valence-corrected chi connectivity index (χ2v) is 8.39. The average molecular weight is 476 g/mol. The van der Waals surface area contributed by atoms with E-state index in [2.05, 4.69) is 12.2 Å². The number of carbonyl (C=O) groups excluding carboxylic acids is 2. The SMILES string of the molecule is CCCc1cc(Oc2ccccc2)ccc1OCCCOc1cccc(C2(C)OC(=O)NC2=O)c1. The second-order valence-electron chi connectivity index (χ2n) is 8.39. The van der Waals surface area contributed by atoms with Gasteiger partial charge in [-0.25, -0.2) is 4.79 Å². The predicted molar refractivity (Wildman–Crippen MR) is 131 cm³/mol. The van der Waals surface area contributed by atoms with Crippen molar-refractivity contribution >= 4 is 12.0 Å². The molecule has 3 aromatic carbocycles. The van der Waals surface area contributed by atoms with Gasteiger partial charge in [0, 0.05) is 12.0 Å². The summed E-state index contributed by atoms with van der Waals surface area (Å²) < 4.78 is 23.0. The summed E-state index contributed by atoms with van der Waals surface area (Å²) in [7, 11) is 0. The van der Waals surface area contributed by atoms with Gasteiger partial charge >= 0.3 is 6.09 Å². The molecule has 1 aliphatic heterocycles. The van der Waals surface area contributed by atoms with E-state index in [4.69, 9.17) is 18.9 Å². The van der Waals surface area contributed by atoms with Crippen LogP contribution in [0.2, 0.25) is 0 Å². The minimum absolute atomic E-state index is 0.435. The van der Waals surface area contributed by atoms with Crippen LogP contribution in [-0.2, 0) is 21.6 Å². The van der Waals surface area contributed by atoms with E-state index in [1.54, 1.807) is 31.2 Å². The molecule has 0 radical (unpaired) electrons. The number of carbonyl (C=O) groups is 2. The number of alkyl carbamates (subject to hydrolysis) is 1. The van der Waals surface area contributed by atoms with Gasteiger partial charge in [0.15, 0.2) is 0 Å². The van der Waals surface area contributed by atoms with Crippen molar-refractivity contribution in [2.75, 3.05) is 13.2 Å². The van der Waals surface area contributed by atoms with E-state index in [1.165, 1.54) is 0 Å². The van der Waals surface area contributed by atoms with Gasteiger partial charge in [-0.05, 0) is 61.4 Å². The highest BCUT2D eigenvalue weighted by atomic mass is 16.6. The molecule has 1 unspecified atom stereocenters. The Morgan fingerprint density at radius 3 is 2.37 bits per heavy atom. The van der Waals surface area contributed by atoms with Crippen LogP contribution in [0.25, 0.3) is 0 Å². The van der Waals surface area contributed by atoms with Crippen molar-refractivity contribution < 1.29 is 28.5 Å². The molecule has 0 aromatic heterocycles. The zero-order chi connectivity index (χ0) is 24.7. The Balaban J connectivity index is 1.30. The fraction of sp³-hybridized carbons (Fsp3) is 0.286. The molecular weight excluding hydrogens is 446 g/mol. The largest absolute Gasteiger partial charge is 0.493 e. The highest BCUT2D eigenvalue weighted by Gasteiger charge is 2.46.